The third-order valence-electron chi connectivity index (χ3n) is 4.01. The number of rotatable bonds is 4. The van der Waals surface area contributed by atoms with Crippen LogP contribution in [0.25, 0.3) is 5.83 Å². The second-order valence-corrected chi connectivity index (χ2v) is 6.55. The van der Waals surface area contributed by atoms with Gasteiger partial charge in [0.25, 0.3) is 0 Å². The number of hydrogen-bond donors (Lipinski definition) is 0. The Kier molecular flexibility index (Phi) is 6.60. The summed E-state index contributed by atoms with van der Waals surface area (Å²) in [6.07, 6.45) is -10.4. The third-order valence-corrected chi connectivity index (χ3v) is 4.29. The molecule has 11 heteroatoms. The van der Waals surface area contributed by atoms with Gasteiger partial charge in [-0.3, -0.25) is 4.79 Å². The summed E-state index contributed by atoms with van der Waals surface area (Å²) in [4.78, 5) is 11.3. The summed E-state index contributed by atoms with van der Waals surface area (Å²) >= 11 is 5.33. The first-order valence-electron chi connectivity index (χ1n) is 7.94. The van der Waals surface area contributed by atoms with E-state index in [2.05, 4.69) is 0 Å². The summed E-state index contributed by atoms with van der Waals surface area (Å²) in [5.41, 5.74) is -4.18. The van der Waals surface area contributed by atoms with Gasteiger partial charge >= 0.3 is 12.4 Å². The van der Waals surface area contributed by atoms with Gasteiger partial charge in [-0.25, -0.2) is 13.2 Å². The Morgan fingerprint density at radius 2 is 1.63 bits per heavy atom. The van der Waals surface area contributed by atoms with E-state index in [0.717, 1.165) is 6.92 Å². The molecule has 0 aromatic heterocycles. The number of halogens is 10. The number of carbonyl (C=O) groups is 1. The topological polar surface area (TPSA) is 17.1 Å². The Balaban J connectivity index is 2.62. The van der Waals surface area contributed by atoms with E-state index in [1.54, 1.807) is 0 Å². The van der Waals surface area contributed by atoms with E-state index in [0.29, 0.717) is 18.2 Å². The second-order valence-electron chi connectivity index (χ2n) is 6.15. The van der Waals surface area contributed by atoms with Crippen molar-refractivity contribution >= 4 is 23.2 Å². The number of hydrogen-bond acceptors (Lipinski definition) is 1. The van der Waals surface area contributed by atoms with Crippen LogP contribution in [0.5, 0.6) is 0 Å². The Labute approximate surface area is 168 Å². The van der Waals surface area contributed by atoms with Crippen LogP contribution in [0.4, 0.5) is 39.5 Å². The Morgan fingerprint density at radius 1 is 1.03 bits per heavy atom. The van der Waals surface area contributed by atoms with Gasteiger partial charge < -0.3 is 0 Å². The van der Waals surface area contributed by atoms with E-state index in [1.165, 1.54) is 0 Å². The van der Waals surface area contributed by atoms with Gasteiger partial charge in [-0.1, -0.05) is 23.7 Å². The lowest BCUT2D eigenvalue weighted by Gasteiger charge is -2.19. The zero-order chi connectivity index (χ0) is 23.0. The molecule has 0 bridgehead atoms. The van der Waals surface area contributed by atoms with Gasteiger partial charge in [-0.05, 0) is 36.8 Å². The maximum absolute atomic E-state index is 14.5. The average Bonchev–Trinajstić information content (AvgIpc) is 2.61. The van der Waals surface area contributed by atoms with Crippen molar-refractivity contribution in [2.24, 2.45) is 0 Å². The molecule has 0 amide bonds. The first-order chi connectivity index (χ1) is 13.6. The predicted molar refractivity (Wildman–Crippen MR) is 90.7 cm³/mol. The minimum absolute atomic E-state index is 0.0913. The summed E-state index contributed by atoms with van der Waals surface area (Å²) in [5, 5.41) is -0.988. The van der Waals surface area contributed by atoms with Crippen molar-refractivity contribution in [3.8, 4) is 0 Å². The van der Waals surface area contributed by atoms with E-state index in [9.17, 15) is 44.3 Å². The van der Waals surface area contributed by atoms with Crippen LogP contribution in [0.2, 0.25) is 5.02 Å². The lowest BCUT2D eigenvalue weighted by Crippen LogP contribution is -2.19. The molecular weight excluding hydrogens is 451 g/mol. The number of allylic oxidation sites excluding steroid dienone is 1. The van der Waals surface area contributed by atoms with Gasteiger partial charge in [-0.15, -0.1) is 0 Å². The molecule has 162 valence electrons. The zero-order valence-electron chi connectivity index (χ0n) is 14.7. The highest BCUT2D eigenvalue weighted by Gasteiger charge is 2.41. The quantitative estimate of drug-likeness (QED) is 0.262. The second kappa shape index (κ2) is 8.33. The van der Waals surface area contributed by atoms with E-state index in [4.69, 9.17) is 11.6 Å². The molecule has 0 fully saturated rings. The fourth-order valence-corrected chi connectivity index (χ4v) is 2.83. The van der Waals surface area contributed by atoms with Crippen LogP contribution in [-0.4, -0.2) is 12.0 Å². The van der Waals surface area contributed by atoms with Gasteiger partial charge in [0, 0.05) is 11.1 Å². The van der Waals surface area contributed by atoms with E-state index >= 15 is 0 Å². The van der Waals surface area contributed by atoms with Crippen LogP contribution in [0.3, 0.4) is 0 Å². The lowest BCUT2D eigenvalue weighted by atomic mass is 9.95. The molecule has 1 atom stereocenters. The summed E-state index contributed by atoms with van der Waals surface area (Å²) in [5.74, 6) is -8.88. The average molecular weight is 461 g/mol. The molecule has 0 saturated heterocycles. The van der Waals surface area contributed by atoms with E-state index < -0.39 is 68.8 Å². The normalized spacial score (nSPS) is 14.0. The number of Topliss-reactive ketones (excluding diaryl/α,β-unsaturated/α-hetero) is 1. The fourth-order valence-electron chi connectivity index (χ4n) is 2.61. The molecule has 2 rings (SSSR count). The van der Waals surface area contributed by atoms with E-state index in [-0.39, 0.29) is 18.2 Å². The zero-order valence-corrected chi connectivity index (χ0v) is 15.5. The van der Waals surface area contributed by atoms with Gasteiger partial charge in [0.05, 0.1) is 10.6 Å². The number of carbonyl (C=O) groups excluding carboxylic acids is 1. The summed E-state index contributed by atoms with van der Waals surface area (Å²) < 4.78 is 121. The molecule has 2 aromatic carbocycles. The molecule has 2 aromatic rings. The van der Waals surface area contributed by atoms with Gasteiger partial charge in [-0.2, -0.15) is 26.3 Å². The highest BCUT2D eigenvalue weighted by molar-refractivity contribution is 6.30. The molecule has 0 heterocycles. The van der Waals surface area contributed by atoms with Gasteiger partial charge in [0.2, 0.25) is 0 Å². The van der Waals surface area contributed by atoms with Crippen molar-refractivity contribution in [1.29, 1.82) is 0 Å². The Hall–Kier alpha value is -2.49. The first kappa shape index (κ1) is 23.8. The summed E-state index contributed by atoms with van der Waals surface area (Å²) in [7, 11) is 0. The minimum atomic E-state index is -5.21. The van der Waals surface area contributed by atoms with Crippen LogP contribution < -0.4 is 0 Å². The molecule has 0 saturated carbocycles. The van der Waals surface area contributed by atoms with Crippen LogP contribution in [0, 0.1) is 11.6 Å². The summed E-state index contributed by atoms with van der Waals surface area (Å²) in [6, 6.07) is 2.10. The summed E-state index contributed by atoms with van der Waals surface area (Å²) in [6.45, 7) is 0.836. The molecule has 1 unspecified atom stereocenters. The molecule has 30 heavy (non-hydrogen) atoms. The number of ketones is 1. The number of benzene rings is 2. The van der Waals surface area contributed by atoms with Crippen molar-refractivity contribution in [3.05, 3.63) is 75.3 Å². The molecular formula is C19H10ClF9O. The number of alkyl halides is 6. The molecule has 0 radical (unpaired) electrons. The highest BCUT2D eigenvalue weighted by atomic mass is 35.5. The molecule has 0 aliphatic rings. The minimum Gasteiger partial charge on any atom is -0.294 e. The highest BCUT2D eigenvalue weighted by Crippen LogP contribution is 2.41. The third kappa shape index (κ3) is 5.16. The standard InChI is InChI=1S/C19H10ClF9O/c1-8(30)11-3-2-9(4-13(11)19(27,28)29)15(21)7-12(18(24,25)26)10-5-14(20)17(23)16(22)6-10/h2-7,12H,1H3/b15-7-. The Morgan fingerprint density at radius 3 is 2.10 bits per heavy atom. The maximum atomic E-state index is 14.5. The predicted octanol–water partition coefficient (Wildman–Crippen LogP) is 7.50. The van der Waals surface area contributed by atoms with Crippen LogP contribution in [0.1, 0.15) is 39.9 Å². The van der Waals surface area contributed by atoms with E-state index in [1.807, 2.05) is 0 Å². The van der Waals surface area contributed by atoms with Crippen molar-refractivity contribution in [2.75, 3.05) is 0 Å². The van der Waals surface area contributed by atoms with Crippen LogP contribution in [0.15, 0.2) is 36.4 Å². The van der Waals surface area contributed by atoms with Crippen molar-refractivity contribution in [1.82, 2.24) is 0 Å². The monoisotopic (exact) mass is 460 g/mol. The molecule has 0 spiro atoms. The lowest BCUT2D eigenvalue weighted by molar-refractivity contribution is -0.140. The van der Waals surface area contributed by atoms with Crippen molar-refractivity contribution in [2.45, 2.75) is 25.2 Å². The van der Waals surface area contributed by atoms with Crippen LogP contribution in [-0.2, 0) is 6.18 Å². The molecule has 0 aliphatic heterocycles. The largest absolute Gasteiger partial charge is 0.417 e. The smallest absolute Gasteiger partial charge is 0.294 e. The molecule has 0 aliphatic carbocycles. The van der Waals surface area contributed by atoms with Crippen LogP contribution >= 0.6 is 11.6 Å². The van der Waals surface area contributed by atoms with Crippen molar-refractivity contribution < 1.29 is 44.3 Å². The maximum Gasteiger partial charge on any atom is 0.417 e. The van der Waals surface area contributed by atoms with Gasteiger partial charge in [0.15, 0.2) is 17.4 Å². The van der Waals surface area contributed by atoms with Gasteiger partial charge in [0.1, 0.15) is 11.7 Å². The Bertz CT molecular complexity index is 983. The molecule has 0 N–H and O–H groups in total. The molecule has 1 nitrogen and oxygen atoms in total. The first-order valence-corrected chi connectivity index (χ1v) is 8.31. The fraction of sp³-hybridized carbons (Fsp3) is 0.211. The SMILES string of the molecule is CC(=O)c1ccc(/C(F)=C/C(c2cc(F)c(F)c(Cl)c2)C(F)(F)F)cc1C(F)(F)F. The van der Waals surface area contributed by atoms with Crippen molar-refractivity contribution in [3.63, 3.8) is 0 Å².